The second-order valence-corrected chi connectivity index (χ2v) is 15.3. The lowest BCUT2D eigenvalue weighted by Crippen LogP contribution is -2.20. The molecule has 0 radical (unpaired) electrons. The normalized spacial score (nSPS) is 17.1. The van der Waals surface area contributed by atoms with Crippen molar-refractivity contribution in [3.8, 4) is 11.1 Å². The summed E-state index contributed by atoms with van der Waals surface area (Å²) in [4.78, 5) is 0. The van der Waals surface area contributed by atoms with Crippen molar-refractivity contribution in [2.24, 2.45) is 0 Å². The largest absolute Gasteiger partial charge is 0.376 e. The third kappa shape index (κ3) is 6.93. The average molecular weight is 463 g/mol. The minimum absolute atomic E-state index is 0.00532. The van der Waals surface area contributed by atoms with Gasteiger partial charge in [-0.25, -0.2) is 0 Å². The van der Waals surface area contributed by atoms with Gasteiger partial charge in [0.1, 0.15) is 0 Å². The van der Waals surface area contributed by atoms with E-state index in [0.717, 1.165) is 6.61 Å². The number of allylic oxidation sites excluding steroid dienone is 1. The van der Waals surface area contributed by atoms with Crippen LogP contribution in [0.2, 0.25) is 12.6 Å². The number of rotatable bonds is 9. The van der Waals surface area contributed by atoms with Gasteiger partial charge < -0.3 is 4.74 Å². The lowest BCUT2D eigenvalue weighted by molar-refractivity contribution is -0.00471. The second-order valence-electron chi connectivity index (χ2n) is 12.1. The number of fused-ring (bicyclic) bond motifs is 1. The van der Waals surface area contributed by atoms with Gasteiger partial charge in [-0.2, -0.15) is 0 Å². The third-order valence-electron chi connectivity index (χ3n) is 7.06. The number of benzene rings is 2. The maximum absolute atomic E-state index is 5.86. The van der Waals surface area contributed by atoms with Crippen molar-refractivity contribution in [1.29, 1.82) is 0 Å². The van der Waals surface area contributed by atoms with E-state index < -0.39 is 8.80 Å². The Kier molecular flexibility index (Phi) is 8.45. The van der Waals surface area contributed by atoms with Crippen LogP contribution in [0.15, 0.2) is 48.0 Å². The van der Waals surface area contributed by atoms with Gasteiger partial charge in [0.2, 0.25) is 0 Å². The van der Waals surface area contributed by atoms with Crippen molar-refractivity contribution in [3.63, 3.8) is 0 Å². The molecular weight excluding hydrogens is 416 g/mol. The summed E-state index contributed by atoms with van der Waals surface area (Å²) in [6.07, 6.45) is 7.68. The van der Waals surface area contributed by atoms with Gasteiger partial charge in [-0.3, -0.25) is 0 Å². The number of unbranched alkanes of at least 4 members (excludes halogenated alkanes) is 3. The first-order chi connectivity index (χ1) is 15.5. The highest BCUT2D eigenvalue weighted by atomic mass is 28.3. The minimum atomic E-state index is -0.881. The molecule has 0 saturated heterocycles. The molecule has 2 unspecified atom stereocenters. The molecule has 3 rings (SSSR count). The molecule has 1 nitrogen and oxygen atoms in total. The van der Waals surface area contributed by atoms with Crippen LogP contribution in [0.4, 0.5) is 0 Å². The first-order valence-electron chi connectivity index (χ1n) is 13.0. The van der Waals surface area contributed by atoms with Gasteiger partial charge in [0.15, 0.2) is 0 Å². The molecule has 0 N–H and O–H groups in total. The van der Waals surface area contributed by atoms with Crippen LogP contribution in [-0.2, 0) is 10.2 Å². The Bertz CT molecular complexity index is 940. The Hall–Kier alpha value is -1.64. The van der Waals surface area contributed by atoms with Gasteiger partial charge in [0.05, 0.1) is 5.60 Å². The van der Waals surface area contributed by atoms with Crippen LogP contribution in [0.25, 0.3) is 17.2 Å². The maximum Gasteiger partial charge on any atom is 0.0598 e. The number of hydrogen-bond donors (Lipinski definition) is 0. The van der Waals surface area contributed by atoms with E-state index in [4.69, 9.17) is 4.74 Å². The summed E-state index contributed by atoms with van der Waals surface area (Å²) in [7, 11) is -0.881. The fourth-order valence-electron chi connectivity index (χ4n) is 5.20. The van der Waals surface area contributed by atoms with Crippen LogP contribution in [-0.4, -0.2) is 21.0 Å². The number of ether oxygens (including phenoxy) is 1. The van der Waals surface area contributed by atoms with Crippen molar-refractivity contribution >= 4 is 14.9 Å². The van der Waals surface area contributed by atoms with Crippen LogP contribution in [0.3, 0.4) is 0 Å². The third-order valence-corrected chi connectivity index (χ3v) is 10.4. The van der Waals surface area contributed by atoms with Crippen molar-refractivity contribution in [2.45, 2.75) is 103 Å². The van der Waals surface area contributed by atoms with E-state index in [9.17, 15) is 0 Å². The molecule has 180 valence electrons. The van der Waals surface area contributed by atoms with Crippen LogP contribution in [0.5, 0.6) is 0 Å². The van der Waals surface area contributed by atoms with Gasteiger partial charge in [0.25, 0.3) is 0 Å². The molecule has 0 fully saturated rings. The SMILES string of the molecule is CC1=Cc2c(-c3ccc(C(C)(C)C)cc3)cccc2C1[SiH](C)CCCCCCOC(C)(C)C. The van der Waals surface area contributed by atoms with E-state index in [0.29, 0.717) is 5.54 Å². The van der Waals surface area contributed by atoms with E-state index in [1.807, 2.05) is 0 Å². The predicted molar refractivity (Wildman–Crippen MR) is 149 cm³/mol. The molecular formula is C31H46OSi. The van der Waals surface area contributed by atoms with Gasteiger partial charge in [-0.05, 0) is 72.9 Å². The van der Waals surface area contributed by atoms with Gasteiger partial charge in [-0.1, -0.05) is 107 Å². The van der Waals surface area contributed by atoms with Crippen molar-refractivity contribution in [3.05, 3.63) is 64.7 Å². The van der Waals surface area contributed by atoms with Crippen LogP contribution in [0.1, 0.15) is 96.4 Å². The molecule has 2 heteroatoms. The summed E-state index contributed by atoms with van der Waals surface area (Å²) in [6, 6.07) is 17.7. The summed E-state index contributed by atoms with van der Waals surface area (Å²) in [5.41, 5.74) is 9.67. The molecule has 2 aromatic carbocycles. The quantitative estimate of drug-likeness (QED) is 0.267. The molecule has 33 heavy (non-hydrogen) atoms. The lowest BCUT2D eigenvalue weighted by atomic mass is 9.86. The Morgan fingerprint density at radius 2 is 1.52 bits per heavy atom. The summed E-state index contributed by atoms with van der Waals surface area (Å²) in [6.45, 7) is 19.1. The Morgan fingerprint density at radius 3 is 2.15 bits per heavy atom. The predicted octanol–water partition coefficient (Wildman–Crippen LogP) is 8.92. The second kappa shape index (κ2) is 10.7. The fraction of sp³-hybridized carbons (Fsp3) is 0.548. The van der Waals surface area contributed by atoms with E-state index in [1.165, 1.54) is 54.0 Å². The fourth-order valence-corrected chi connectivity index (χ4v) is 8.37. The van der Waals surface area contributed by atoms with E-state index in [-0.39, 0.29) is 11.0 Å². The summed E-state index contributed by atoms with van der Waals surface area (Å²) in [5, 5.41) is 0. The zero-order valence-corrected chi connectivity index (χ0v) is 23.6. The van der Waals surface area contributed by atoms with Crippen LogP contribution < -0.4 is 0 Å². The van der Waals surface area contributed by atoms with E-state index in [2.05, 4.69) is 104 Å². The minimum Gasteiger partial charge on any atom is -0.376 e. The lowest BCUT2D eigenvalue weighted by Gasteiger charge is -2.22. The smallest absolute Gasteiger partial charge is 0.0598 e. The molecule has 0 amide bonds. The molecule has 2 aromatic rings. The monoisotopic (exact) mass is 462 g/mol. The molecule has 1 aliphatic rings. The zero-order valence-electron chi connectivity index (χ0n) is 22.4. The van der Waals surface area contributed by atoms with Crippen LogP contribution in [0, 0.1) is 0 Å². The molecule has 0 saturated carbocycles. The highest BCUT2D eigenvalue weighted by Crippen LogP contribution is 2.43. The summed E-state index contributed by atoms with van der Waals surface area (Å²) in [5.74, 6) is 0. The Balaban J connectivity index is 1.62. The topological polar surface area (TPSA) is 9.23 Å². The maximum atomic E-state index is 5.86. The van der Waals surface area contributed by atoms with E-state index >= 15 is 0 Å². The Morgan fingerprint density at radius 1 is 0.848 bits per heavy atom. The van der Waals surface area contributed by atoms with Gasteiger partial charge in [-0.15, -0.1) is 0 Å². The standard InChI is InChI=1S/C31H46OSi/c1-23-22-28-26(24-16-18-25(19-17-24)30(2,3)4)14-13-15-27(28)29(23)33(8)21-12-10-9-11-20-32-31(5,6)7/h13-19,22,29,33H,9-12,20-21H2,1-8H3. The number of hydrogen-bond acceptors (Lipinski definition) is 1. The van der Waals surface area contributed by atoms with Crippen LogP contribution >= 0.6 is 0 Å². The molecule has 0 aliphatic heterocycles. The summed E-state index contributed by atoms with van der Waals surface area (Å²) >= 11 is 0. The summed E-state index contributed by atoms with van der Waals surface area (Å²) < 4.78 is 5.86. The van der Waals surface area contributed by atoms with Crippen molar-refractivity contribution < 1.29 is 4.74 Å². The molecule has 0 bridgehead atoms. The zero-order chi connectivity index (χ0) is 24.2. The highest BCUT2D eigenvalue weighted by molar-refractivity contribution is 6.60. The van der Waals surface area contributed by atoms with Gasteiger partial charge in [0, 0.05) is 15.4 Å². The Labute approximate surface area is 205 Å². The van der Waals surface area contributed by atoms with Crippen molar-refractivity contribution in [2.75, 3.05) is 6.61 Å². The molecule has 2 atom stereocenters. The average Bonchev–Trinajstić information content (AvgIpc) is 3.07. The molecule has 0 aromatic heterocycles. The van der Waals surface area contributed by atoms with Crippen molar-refractivity contribution in [1.82, 2.24) is 0 Å². The molecule has 0 spiro atoms. The first kappa shape index (κ1) is 26.0. The van der Waals surface area contributed by atoms with E-state index in [1.54, 1.807) is 11.1 Å². The van der Waals surface area contributed by atoms with Gasteiger partial charge >= 0.3 is 0 Å². The highest BCUT2D eigenvalue weighted by Gasteiger charge is 2.29. The first-order valence-corrected chi connectivity index (χ1v) is 15.7. The molecule has 1 aliphatic carbocycles. The molecule has 0 heterocycles.